The van der Waals surface area contributed by atoms with Gasteiger partial charge < -0.3 is 19.7 Å². The van der Waals surface area contributed by atoms with E-state index in [2.05, 4.69) is 5.32 Å². The van der Waals surface area contributed by atoms with Crippen LogP contribution in [-0.4, -0.2) is 59.0 Å². The van der Waals surface area contributed by atoms with Crippen LogP contribution in [0, 0.1) is 6.92 Å². The van der Waals surface area contributed by atoms with Crippen molar-refractivity contribution in [2.45, 2.75) is 37.8 Å². The molecule has 9 nitrogen and oxygen atoms in total. The molecule has 0 aromatic heterocycles. The normalized spacial score (nSPS) is 11.8. The molecule has 3 aromatic carbocycles. The van der Waals surface area contributed by atoms with Gasteiger partial charge in [-0.15, -0.1) is 0 Å². The van der Waals surface area contributed by atoms with Gasteiger partial charge in [0.25, 0.3) is 10.0 Å². The lowest BCUT2D eigenvalue weighted by atomic mass is 10.1. The van der Waals surface area contributed by atoms with Gasteiger partial charge in [0.1, 0.15) is 12.6 Å². The predicted molar refractivity (Wildman–Crippen MR) is 155 cm³/mol. The fraction of sp³-hybridized carbons (Fsp3) is 0.310. The van der Waals surface area contributed by atoms with Crippen molar-refractivity contribution in [3.8, 4) is 11.5 Å². The standard InChI is InChI=1S/C29H34ClN3O6S/c1-6-25(29(35)31-3)32(18-21-9-7-8-20(2)16-21)28(34)19-33(23-12-10-22(30)11-13-23)40(36,37)24-14-15-26(38-4)27(17-24)39-5/h7-17,25H,6,18-19H2,1-5H3,(H,31,35)/t25-/m0/s1. The molecule has 1 atom stereocenters. The van der Waals surface area contributed by atoms with Crippen LogP contribution in [0.3, 0.4) is 0 Å². The number of nitrogens with zero attached hydrogens (tertiary/aromatic N) is 2. The maximum atomic E-state index is 14.0. The molecule has 214 valence electrons. The fourth-order valence-electron chi connectivity index (χ4n) is 4.33. The van der Waals surface area contributed by atoms with Gasteiger partial charge in [-0.3, -0.25) is 13.9 Å². The first-order valence-electron chi connectivity index (χ1n) is 12.6. The maximum absolute atomic E-state index is 14.0. The molecule has 0 fully saturated rings. The Morgan fingerprint density at radius 3 is 2.23 bits per heavy atom. The van der Waals surface area contributed by atoms with Crippen molar-refractivity contribution in [2.75, 3.05) is 32.1 Å². The second kappa shape index (κ2) is 13.5. The molecule has 0 radical (unpaired) electrons. The van der Waals surface area contributed by atoms with Crippen LogP contribution in [0.5, 0.6) is 11.5 Å². The van der Waals surface area contributed by atoms with Crippen molar-refractivity contribution in [1.29, 1.82) is 0 Å². The lowest BCUT2D eigenvalue weighted by molar-refractivity contribution is -0.140. The molecule has 3 aromatic rings. The number of carbonyl (C=O) groups excluding carboxylic acids is 2. The minimum atomic E-state index is -4.28. The first-order valence-corrected chi connectivity index (χ1v) is 14.4. The molecule has 2 amide bonds. The topological polar surface area (TPSA) is 105 Å². The quantitative estimate of drug-likeness (QED) is 0.336. The zero-order valence-corrected chi connectivity index (χ0v) is 24.8. The summed E-state index contributed by atoms with van der Waals surface area (Å²) in [5.74, 6) is -0.311. The van der Waals surface area contributed by atoms with E-state index in [9.17, 15) is 18.0 Å². The Morgan fingerprint density at radius 1 is 0.975 bits per heavy atom. The van der Waals surface area contributed by atoms with Crippen LogP contribution in [0.15, 0.2) is 71.6 Å². The summed E-state index contributed by atoms with van der Waals surface area (Å²) in [5, 5.41) is 3.02. The fourth-order valence-corrected chi connectivity index (χ4v) is 5.89. The monoisotopic (exact) mass is 587 g/mol. The minimum absolute atomic E-state index is 0.100. The Labute approximate surface area is 240 Å². The number of hydrogen-bond donors (Lipinski definition) is 1. The number of anilines is 1. The van der Waals surface area contributed by atoms with E-state index in [1.807, 2.05) is 31.2 Å². The van der Waals surface area contributed by atoms with Gasteiger partial charge >= 0.3 is 0 Å². The highest BCUT2D eigenvalue weighted by molar-refractivity contribution is 7.92. The largest absolute Gasteiger partial charge is 0.493 e. The van der Waals surface area contributed by atoms with E-state index in [1.165, 1.54) is 56.5 Å². The number of ether oxygens (including phenoxy) is 2. The Kier molecular flexibility index (Phi) is 10.4. The van der Waals surface area contributed by atoms with Gasteiger partial charge in [-0.1, -0.05) is 48.4 Å². The molecule has 3 rings (SSSR count). The van der Waals surface area contributed by atoms with Crippen LogP contribution < -0.4 is 19.1 Å². The summed E-state index contributed by atoms with van der Waals surface area (Å²) in [6, 6.07) is 17.1. The van der Waals surface area contributed by atoms with Crippen LogP contribution in [0.2, 0.25) is 5.02 Å². The van der Waals surface area contributed by atoms with Gasteiger partial charge in [-0.2, -0.15) is 0 Å². The molecular weight excluding hydrogens is 554 g/mol. The summed E-state index contributed by atoms with van der Waals surface area (Å²) in [7, 11) is 0.0704. The molecule has 0 saturated heterocycles. The number of hydrogen-bond acceptors (Lipinski definition) is 6. The molecular formula is C29H34ClN3O6S. The minimum Gasteiger partial charge on any atom is -0.493 e. The average molecular weight is 588 g/mol. The number of nitrogens with one attached hydrogen (secondary N) is 1. The average Bonchev–Trinajstić information content (AvgIpc) is 2.95. The third kappa shape index (κ3) is 7.05. The molecule has 0 aliphatic carbocycles. The summed E-state index contributed by atoms with van der Waals surface area (Å²) < 4.78 is 39.6. The predicted octanol–water partition coefficient (Wildman–Crippen LogP) is 4.41. The van der Waals surface area contributed by atoms with Crippen molar-refractivity contribution in [3.63, 3.8) is 0 Å². The zero-order chi connectivity index (χ0) is 29.4. The number of benzene rings is 3. The number of sulfonamides is 1. The van der Waals surface area contributed by atoms with Crippen molar-refractivity contribution >= 4 is 39.1 Å². The van der Waals surface area contributed by atoms with E-state index < -0.39 is 28.5 Å². The molecule has 1 N–H and O–H groups in total. The number of likely N-dealkylation sites (N-methyl/N-ethyl adjacent to an activating group) is 1. The maximum Gasteiger partial charge on any atom is 0.264 e. The van der Waals surface area contributed by atoms with E-state index in [0.717, 1.165) is 15.4 Å². The molecule has 11 heteroatoms. The summed E-state index contributed by atoms with van der Waals surface area (Å²) in [6.45, 7) is 3.30. The van der Waals surface area contributed by atoms with Crippen LogP contribution in [0.25, 0.3) is 0 Å². The van der Waals surface area contributed by atoms with Crippen LogP contribution in [0.1, 0.15) is 24.5 Å². The van der Waals surface area contributed by atoms with Gasteiger partial charge in [-0.05, 0) is 55.3 Å². The van der Waals surface area contributed by atoms with Gasteiger partial charge in [0.2, 0.25) is 11.8 Å². The molecule has 0 aliphatic rings. The number of rotatable bonds is 12. The lowest BCUT2D eigenvalue weighted by Gasteiger charge is -2.33. The summed E-state index contributed by atoms with van der Waals surface area (Å²) >= 11 is 6.07. The molecule has 0 saturated carbocycles. The molecule has 0 unspecified atom stereocenters. The van der Waals surface area contributed by atoms with E-state index in [-0.39, 0.29) is 28.8 Å². The van der Waals surface area contributed by atoms with Crippen molar-refractivity contribution in [3.05, 3.63) is 82.9 Å². The van der Waals surface area contributed by atoms with E-state index in [0.29, 0.717) is 17.2 Å². The van der Waals surface area contributed by atoms with Gasteiger partial charge in [-0.25, -0.2) is 8.42 Å². The van der Waals surface area contributed by atoms with E-state index in [1.54, 1.807) is 19.1 Å². The molecule has 0 aliphatic heterocycles. The summed E-state index contributed by atoms with van der Waals surface area (Å²) in [5.41, 5.74) is 2.05. The van der Waals surface area contributed by atoms with Gasteiger partial charge in [0.15, 0.2) is 11.5 Å². The number of methoxy groups -OCH3 is 2. The molecule has 0 bridgehead atoms. The van der Waals surface area contributed by atoms with Crippen LogP contribution in [-0.2, 0) is 26.2 Å². The molecule has 40 heavy (non-hydrogen) atoms. The van der Waals surface area contributed by atoms with E-state index >= 15 is 0 Å². The Morgan fingerprint density at radius 2 is 1.65 bits per heavy atom. The van der Waals surface area contributed by atoms with Crippen LogP contribution in [0.4, 0.5) is 5.69 Å². The number of amides is 2. The second-order valence-electron chi connectivity index (χ2n) is 9.05. The van der Waals surface area contributed by atoms with Gasteiger partial charge in [0, 0.05) is 24.7 Å². The Hall–Kier alpha value is -3.76. The van der Waals surface area contributed by atoms with E-state index in [4.69, 9.17) is 21.1 Å². The van der Waals surface area contributed by atoms with Gasteiger partial charge in [0.05, 0.1) is 24.8 Å². The summed E-state index contributed by atoms with van der Waals surface area (Å²) in [6.07, 6.45) is 0.334. The van der Waals surface area contributed by atoms with Crippen molar-refractivity contribution in [1.82, 2.24) is 10.2 Å². The first-order chi connectivity index (χ1) is 19.0. The highest BCUT2D eigenvalue weighted by Gasteiger charge is 2.33. The highest BCUT2D eigenvalue weighted by atomic mass is 35.5. The number of aryl methyl sites for hydroxylation is 1. The second-order valence-corrected chi connectivity index (χ2v) is 11.4. The number of carbonyl (C=O) groups is 2. The zero-order valence-electron chi connectivity index (χ0n) is 23.2. The lowest BCUT2D eigenvalue weighted by Crippen LogP contribution is -2.51. The van der Waals surface area contributed by atoms with Crippen LogP contribution >= 0.6 is 11.6 Å². The van der Waals surface area contributed by atoms with Crippen molar-refractivity contribution in [2.24, 2.45) is 0 Å². The molecule has 0 heterocycles. The first kappa shape index (κ1) is 30.8. The SMILES string of the molecule is CC[C@@H](C(=O)NC)N(Cc1cccc(C)c1)C(=O)CN(c1ccc(Cl)cc1)S(=O)(=O)c1ccc(OC)c(OC)c1. The smallest absolute Gasteiger partial charge is 0.264 e. The Balaban J connectivity index is 2.09. The third-order valence-electron chi connectivity index (χ3n) is 6.40. The highest BCUT2D eigenvalue weighted by Crippen LogP contribution is 2.32. The number of halogens is 1. The third-order valence-corrected chi connectivity index (χ3v) is 8.43. The molecule has 0 spiro atoms. The van der Waals surface area contributed by atoms with Crippen molar-refractivity contribution < 1.29 is 27.5 Å². The summed E-state index contributed by atoms with van der Waals surface area (Å²) in [4.78, 5) is 28.1. The Bertz CT molecular complexity index is 1450.